The van der Waals surface area contributed by atoms with E-state index >= 15 is 0 Å². The van der Waals surface area contributed by atoms with Crippen LogP contribution < -0.4 is 5.32 Å². The van der Waals surface area contributed by atoms with Crippen molar-refractivity contribution in [2.75, 3.05) is 13.1 Å². The second-order valence-corrected chi connectivity index (χ2v) is 7.80. The molecule has 1 aromatic heterocycles. The molecule has 0 fully saturated rings. The lowest BCUT2D eigenvalue weighted by Crippen LogP contribution is -2.32. The normalized spacial score (nSPS) is 10.8. The molecule has 0 saturated heterocycles. The summed E-state index contributed by atoms with van der Waals surface area (Å²) in [5.74, 6) is 0.135. The predicted molar refractivity (Wildman–Crippen MR) is 120 cm³/mol. The topological polar surface area (TPSA) is 67.2 Å². The summed E-state index contributed by atoms with van der Waals surface area (Å²) < 4.78 is 1.99. The molecule has 0 aliphatic heterocycles. The van der Waals surface area contributed by atoms with Crippen LogP contribution in [0.4, 0.5) is 0 Å². The Kier molecular flexibility index (Phi) is 9.58. The summed E-state index contributed by atoms with van der Waals surface area (Å²) in [5.41, 5.74) is 4.27. The lowest BCUT2D eigenvalue weighted by Gasteiger charge is -2.21. The van der Waals surface area contributed by atoms with Gasteiger partial charge in [-0.2, -0.15) is 5.10 Å². The van der Waals surface area contributed by atoms with Crippen LogP contribution in [0.15, 0.2) is 30.3 Å². The molecule has 0 aliphatic carbocycles. The van der Waals surface area contributed by atoms with E-state index in [0.717, 1.165) is 49.4 Å². The van der Waals surface area contributed by atoms with Crippen LogP contribution in [0.3, 0.4) is 0 Å². The summed E-state index contributed by atoms with van der Waals surface area (Å²) in [5, 5.41) is 7.63. The van der Waals surface area contributed by atoms with Gasteiger partial charge in [-0.3, -0.25) is 14.3 Å². The first-order chi connectivity index (χ1) is 14.5. The van der Waals surface area contributed by atoms with E-state index in [0.29, 0.717) is 25.8 Å². The van der Waals surface area contributed by atoms with Gasteiger partial charge in [0.1, 0.15) is 0 Å². The Bertz CT molecular complexity index is 808. The fourth-order valence-corrected chi connectivity index (χ4v) is 3.63. The zero-order valence-electron chi connectivity index (χ0n) is 18.9. The third-order valence-corrected chi connectivity index (χ3v) is 5.30. The van der Waals surface area contributed by atoms with Crippen molar-refractivity contribution in [2.24, 2.45) is 0 Å². The van der Waals surface area contributed by atoms with E-state index in [1.165, 1.54) is 5.56 Å². The fraction of sp³-hybridized carbons (Fsp3) is 0.542. The summed E-state index contributed by atoms with van der Waals surface area (Å²) in [6.45, 7) is 11.0. The zero-order chi connectivity index (χ0) is 21.9. The molecule has 30 heavy (non-hydrogen) atoms. The Balaban J connectivity index is 1.81. The van der Waals surface area contributed by atoms with Crippen molar-refractivity contribution in [1.82, 2.24) is 20.0 Å². The standard InChI is InChI=1S/C24H36N4O2/c1-5-15-27(16-6-2)24(30)14-10-13-23(29)25-17-22-19(3)26-28(20(22)4)18-21-11-8-7-9-12-21/h7-9,11-12H,5-6,10,13-18H2,1-4H3,(H,25,29). The number of hydrogen-bond acceptors (Lipinski definition) is 3. The number of aromatic nitrogens is 2. The van der Waals surface area contributed by atoms with Crippen LogP contribution >= 0.6 is 0 Å². The number of nitrogens with zero attached hydrogens (tertiary/aromatic N) is 3. The van der Waals surface area contributed by atoms with Crippen molar-refractivity contribution < 1.29 is 9.59 Å². The smallest absolute Gasteiger partial charge is 0.222 e. The average molecular weight is 413 g/mol. The third kappa shape index (κ3) is 7.01. The SMILES string of the molecule is CCCN(CCC)C(=O)CCCC(=O)NCc1c(C)nn(Cc2ccccc2)c1C. The summed E-state index contributed by atoms with van der Waals surface area (Å²) >= 11 is 0. The maximum Gasteiger partial charge on any atom is 0.222 e. The van der Waals surface area contributed by atoms with Gasteiger partial charge in [0, 0.05) is 43.7 Å². The average Bonchev–Trinajstić information content (AvgIpc) is 2.99. The van der Waals surface area contributed by atoms with Crippen LogP contribution in [-0.2, 0) is 22.7 Å². The van der Waals surface area contributed by atoms with Gasteiger partial charge >= 0.3 is 0 Å². The molecule has 0 bridgehead atoms. The molecule has 1 N–H and O–H groups in total. The van der Waals surface area contributed by atoms with E-state index in [2.05, 4.69) is 36.4 Å². The Morgan fingerprint density at radius 3 is 2.33 bits per heavy atom. The maximum absolute atomic E-state index is 12.3. The molecule has 1 aromatic carbocycles. The first-order valence-electron chi connectivity index (χ1n) is 11.1. The second-order valence-electron chi connectivity index (χ2n) is 7.80. The van der Waals surface area contributed by atoms with Crippen molar-refractivity contribution in [3.05, 3.63) is 52.8 Å². The maximum atomic E-state index is 12.3. The van der Waals surface area contributed by atoms with Crippen LogP contribution in [0.1, 0.15) is 68.5 Å². The van der Waals surface area contributed by atoms with Gasteiger partial charge in [-0.25, -0.2) is 0 Å². The monoisotopic (exact) mass is 412 g/mol. The van der Waals surface area contributed by atoms with Gasteiger partial charge in [0.25, 0.3) is 0 Å². The number of aryl methyl sites for hydroxylation is 1. The molecule has 0 aliphatic rings. The minimum absolute atomic E-state index is 0.0186. The summed E-state index contributed by atoms with van der Waals surface area (Å²) in [7, 11) is 0. The van der Waals surface area contributed by atoms with Gasteiger partial charge in [-0.1, -0.05) is 44.2 Å². The van der Waals surface area contributed by atoms with Crippen molar-refractivity contribution in [3.63, 3.8) is 0 Å². The van der Waals surface area contributed by atoms with Gasteiger partial charge < -0.3 is 10.2 Å². The Hall–Kier alpha value is -2.63. The number of nitrogens with one attached hydrogen (secondary N) is 1. The molecule has 164 valence electrons. The van der Waals surface area contributed by atoms with Gasteiger partial charge in [0.05, 0.1) is 12.2 Å². The van der Waals surface area contributed by atoms with Crippen LogP contribution in [0.25, 0.3) is 0 Å². The van der Waals surface area contributed by atoms with Crippen LogP contribution in [-0.4, -0.2) is 39.6 Å². The van der Waals surface area contributed by atoms with E-state index < -0.39 is 0 Å². The summed E-state index contributed by atoms with van der Waals surface area (Å²) in [6, 6.07) is 10.2. The van der Waals surface area contributed by atoms with Gasteiger partial charge in [0.15, 0.2) is 0 Å². The van der Waals surface area contributed by atoms with E-state index in [4.69, 9.17) is 0 Å². The molecule has 2 amide bonds. The highest BCUT2D eigenvalue weighted by Crippen LogP contribution is 2.15. The first-order valence-corrected chi connectivity index (χ1v) is 11.1. The zero-order valence-corrected chi connectivity index (χ0v) is 18.9. The molecule has 0 unspecified atom stereocenters. The van der Waals surface area contributed by atoms with Gasteiger partial charge in [-0.05, 0) is 38.7 Å². The first kappa shape index (κ1) is 23.6. The van der Waals surface area contributed by atoms with E-state index in [-0.39, 0.29) is 11.8 Å². The molecule has 0 atom stereocenters. The number of carbonyl (C=O) groups is 2. The lowest BCUT2D eigenvalue weighted by atomic mass is 10.1. The highest BCUT2D eigenvalue weighted by atomic mass is 16.2. The molecule has 0 spiro atoms. The number of carbonyl (C=O) groups excluding carboxylic acids is 2. The lowest BCUT2D eigenvalue weighted by molar-refractivity contribution is -0.131. The quantitative estimate of drug-likeness (QED) is 0.573. The summed E-state index contributed by atoms with van der Waals surface area (Å²) in [4.78, 5) is 26.5. The minimum atomic E-state index is -0.0186. The molecule has 2 aromatic rings. The van der Waals surface area contributed by atoms with Crippen LogP contribution in [0, 0.1) is 13.8 Å². The molecule has 2 rings (SSSR count). The predicted octanol–water partition coefficient (Wildman–Crippen LogP) is 3.98. The number of benzene rings is 1. The van der Waals surface area contributed by atoms with Gasteiger partial charge in [-0.15, -0.1) is 0 Å². The van der Waals surface area contributed by atoms with Gasteiger partial charge in [0.2, 0.25) is 11.8 Å². The van der Waals surface area contributed by atoms with Crippen LogP contribution in [0.5, 0.6) is 0 Å². The third-order valence-electron chi connectivity index (χ3n) is 5.30. The molecule has 0 radical (unpaired) electrons. The Morgan fingerprint density at radius 1 is 1.03 bits per heavy atom. The fourth-order valence-electron chi connectivity index (χ4n) is 3.63. The molecular formula is C24H36N4O2. The number of hydrogen-bond donors (Lipinski definition) is 1. The summed E-state index contributed by atoms with van der Waals surface area (Å²) in [6.07, 6.45) is 3.31. The number of amides is 2. The van der Waals surface area contributed by atoms with E-state index in [1.807, 2.05) is 41.6 Å². The molecule has 0 saturated carbocycles. The highest BCUT2D eigenvalue weighted by Gasteiger charge is 2.14. The molecule has 6 heteroatoms. The van der Waals surface area contributed by atoms with E-state index in [1.54, 1.807) is 0 Å². The largest absolute Gasteiger partial charge is 0.352 e. The molecular weight excluding hydrogens is 376 g/mol. The highest BCUT2D eigenvalue weighted by molar-refractivity contribution is 5.79. The molecule has 6 nitrogen and oxygen atoms in total. The minimum Gasteiger partial charge on any atom is -0.352 e. The van der Waals surface area contributed by atoms with Crippen molar-refractivity contribution in [2.45, 2.75) is 72.9 Å². The van der Waals surface area contributed by atoms with Crippen LogP contribution in [0.2, 0.25) is 0 Å². The molecule has 1 heterocycles. The van der Waals surface area contributed by atoms with Crippen molar-refractivity contribution in [3.8, 4) is 0 Å². The van der Waals surface area contributed by atoms with Crippen molar-refractivity contribution in [1.29, 1.82) is 0 Å². The van der Waals surface area contributed by atoms with E-state index in [9.17, 15) is 9.59 Å². The van der Waals surface area contributed by atoms with Crippen molar-refractivity contribution >= 4 is 11.8 Å². The second kappa shape index (κ2) is 12.2. The Morgan fingerprint density at radius 2 is 1.70 bits per heavy atom. The number of rotatable bonds is 12. The Labute approximate surface area is 180 Å².